The molecular formula is C30H36FNO4. The number of carbonyl (C=O) groups excluding carboxylic acids is 1. The highest BCUT2D eigenvalue weighted by atomic mass is 19.1. The van der Waals surface area contributed by atoms with E-state index >= 15 is 0 Å². The van der Waals surface area contributed by atoms with E-state index in [1.807, 2.05) is 18.2 Å². The lowest BCUT2D eigenvalue weighted by Gasteiger charge is -2.15. The zero-order valence-corrected chi connectivity index (χ0v) is 21.4. The molecule has 0 bridgehead atoms. The summed E-state index contributed by atoms with van der Waals surface area (Å²) in [4.78, 5) is 11.3. The van der Waals surface area contributed by atoms with Crippen LogP contribution in [0.5, 0.6) is 5.75 Å². The Labute approximate surface area is 213 Å². The fourth-order valence-electron chi connectivity index (χ4n) is 4.18. The molecule has 0 aromatic heterocycles. The first-order chi connectivity index (χ1) is 17.4. The topological polar surface area (TPSA) is 67.8 Å². The molecule has 3 rings (SSSR count). The largest absolute Gasteiger partial charge is 0.491 e. The number of ether oxygens (including phenoxy) is 2. The molecule has 0 aliphatic rings. The molecule has 0 saturated heterocycles. The highest BCUT2D eigenvalue weighted by Gasteiger charge is 2.10. The quantitative estimate of drug-likeness (QED) is 0.269. The van der Waals surface area contributed by atoms with Crippen LogP contribution >= 0.6 is 0 Å². The Morgan fingerprint density at radius 2 is 1.78 bits per heavy atom. The minimum Gasteiger partial charge on any atom is -0.491 e. The number of benzene rings is 3. The van der Waals surface area contributed by atoms with Gasteiger partial charge in [-0.05, 0) is 90.4 Å². The molecule has 36 heavy (non-hydrogen) atoms. The Balaban J connectivity index is 1.64. The van der Waals surface area contributed by atoms with Crippen LogP contribution in [-0.2, 0) is 22.5 Å². The SMILES string of the molecule is CCCOCCOc1cc(C)c(-c2cccc(CNc3ccc(CCC(=O)CO)c(F)c3)c2)c(C)c1. The van der Waals surface area contributed by atoms with Gasteiger partial charge < -0.3 is 19.9 Å². The van der Waals surface area contributed by atoms with E-state index in [9.17, 15) is 9.18 Å². The molecule has 0 heterocycles. The van der Waals surface area contributed by atoms with Crippen LogP contribution in [0, 0.1) is 19.7 Å². The van der Waals surface area contributed by atoms with Gasteiger partial charge in [-0.2, -0.15) is 0 Å². The second kappa shape index (κ2) is 13.8. The molecule has 0 amide bonds. The van der Waals surface area contributed by atoms with Gasteiger partial charge in [-0.3, -0.25) is 4.79 Å². The fraction of sp³-hybridized carbons (Fsp3) is 0.367. The minimum absolute atomic E-state index is 0.131. The van der Waals surface area contributed by atoms with Crippen molar-refractivity contribution in [2.75, 3.05) is 31.7 Å². The predicted octanol–water partition coefficient (Wildman–Crippen LogP) is 6.02. The maximum absolute atomic E-state index is 14.4. The van der Waals surface area contributed by atoms with Gasteiger partial charge in [0.25, 0.3) is 0 Å². The van der Waals surface area contributed by atoms with Crippen molar-refractivity contribution < 1.29 is 23.8 Å². The summed E-state index contributed by atoms with van der Waals surface area (Å²) >= 11 is 0. The van der Waals surface area contributed by atoms with Gasteiger partial charge in [0, 0.05) is 25.3 Å². The van der Waals surface area contributed by atoms with E-state index in [-0.39, 0.29) is 24.4 Å². The van der Waals surface area contributed by atoms with Crippen molar-refractivity contribution in [3.8, 4) is 16.9 Å². The van der Waals surface area contributed by atoms with E-state index in [1.54, 1.807) is 6.07 Å². The van der Waals surface area contributed by atoms with E-state index in [2.05, 4.69) is 50.4 Å². The molecule has 6 heteroatoms. The molecule has 3 aromatic carbocycles. The molecule has 0 unspecified atom stereocenters. The van der Waals surface area contributed by atoms with E-state index in [4.69, 9.17) is 14.6 Å². The Kier molecular flexibility index (Phi) is 10.5. The highest BCUT2D eigenvalue weighted by molar-refractivity contribution is 5.79. The highest BCUT2D eigenvalue weighted by Crippen LogP contribution is 2.31. The third-order valence-corrected chi connectivity index (χ3v) is 5.97. The predicted molar refractivity (Wildman–Crippen MR) is 142 cm³/mol. The van der Waals surface area contributed by atoms with Crippen molar-refractivity contribution in [1.29, 1.82) is 0 Å². The summed E-state index contributed by atoms with van der Waals surface area (Å²) in [7, 11) is 0. The van der Waals surface area contributed by atoms with E-state index < -0.39 is 6.61 Å². The molecule has 0 fully saturated rings. The lowest BCUT2D eigenvalue weighted by atomic mass is 9.94. The standard InChI is InChI=1S/C30H36FNO4/c1-4-12-35-13-14-36-28-15-21(2)30(22(3)16-28)25-7-5-6-23(17-25)19-32-26-10-8-24(29(31)18-26)9-11-27(34)20-33/h5-8,10,15-18,32-33H,4,9,11-14,19-20H2,1-3H3. The summed E-state index contributed by atoms with van der Waals surface area (Å²) < 4.78 is 25.8. The number of aliphatic hydroxyl groups excluding tert-OH is 1. The Hall–Kier alpha value is -3.22. The molecule has 3 aromatic rings. The van der Waals surface area contributed by atoms with E-state index in [0.717, 1.165) is 41.0 Å². The number of hydrogen-bond acceptors (Lipinski definition) is 5. The molecular weight excluding hydrogens is 457 g/mol. The second-order valence-corrected chi connectivity index (χ2v) is 8.95. The number of Topliss-reactive ketones (excluding diaryl/α,β-unsaturated/α-hetero) is 1. The zero-order chi connectivity index (χ0) is 25.9. The second-order valence-electron chi connectivity index (χ2n) is 8.95. The molecule has 0 saturated carbocycles. The molecule has 0 atom stereocenters. The van der Waals surface area contributed by atoms with Gasteiger partial charge in [-0.1, -0.05) is 31.2 Å². The maximum atomic E-state index is 14.4. The van der Waals surface area contributed by atoms with Gasteiger partial charge in [0.1, 0.15) is 24.8 Å². The van der Waals surface area contributed by atoms with Crippen LogP contribution in [0.3, 0.4) is 0 Å². The van der Waals surface area contributed by atoms with Crippen LogP contribution in [0.25, 0.3) is 11.1 Å². The Morgan fingerprint density at radius 1 is 1.00 bits per heavy atom. The fourth-order valence-corrected chi connectivity index (χ4v) is 4.18. The van der Waals surface area contributed by atoms with Crippen molar-refractivity contribution in [3.05, 3.63) is 82.7 Å². The van der Waals surface area contributed by atoms with Crippen LogP contribution in [0.4, 0.5) is 10.1 Å². The molecule has 0 aliphatic heterocycles. The van der Waals surface area contributed by atoms with Crippen LogP contribution in [-0.4, -0.2) is 37.3 Å². The number of carbonyl (C=O) groups is 1. The summed E-state index contributed by atoms with van der Waals surface area (Å²) in [6, 6.07) is 17.4. The zero-order valence-electron chi connectivity index (χ0n) is 21.4. The molecule has 2 N–H and O–H groups in total. The maximum Gasteiger partial charge on any atom is 0.158 e. The third kappa shape index (κ3) is 7.90. The first kappa shape index (κ1) is 27.4. The average Bonchev–Trinajstić information content (AvgIpc) is 2.86. The van der Waals surface area contributed by atoms with Gasteiger partial charge in [-0.15, -0.1) is 0 Å². The number of anilines is 1. The lowest BCUT2D eigenvalue weighted by molar-refractivity contribution is -0.121. The van der Waals surface area contributed by atoms with Gasteiger partial charge in [0.2, 0.25) is 0 Å². The average molecular weight is 494 g/mol. The van der Waals surface area contributed by atoms with Crippen molar-refractivity contribution >= 4 is 11.5 Å². The summed E-state index contributed by atoms with van der Waals surface area (Å²) in [6.07, 6.45) is 1.41. The normalized spacial score (nSPS) is 10.9. The number of halogens is 1. The first-order valence-electron chi connectivity index (χ1n) is 12.5. The third-order valence-electron chi connectivity index (χ3n) is 5.97. The van der Waals surface area contributed by atoms with E-state index in [1.165, 1.54) is 11.6 Å². The number of hydrogen-bond donors (Lipinski definition) is 2. The molecule has 0 aliphatic carbocycles. The number of nitrogens with one attached hydrogen (secondary N) is 1. The summed E-state index contributed by atoms with van der Waals surface area (Å²) in [5.41, 5.74) is 6.81. The van der Waals surface area contributed by atoms with Crippen LogP contribution in [0.15, 0.2) is 54.6 Å². The minimum atomic E-state index is -0.508. The number of aliphatic hydroxyl groups is 1. The van der Waals surface area contributed by atoms with Crippen LogP contribution < -0.4 is 10.1 Å². The number of aryl methyl sites for hydroxylation is 3. The van der Waals surface area contributed by atoms with Crippen molar-refractivity contribution in [3.63, 3.8) is 0 Å². The van der Waals surface area contributed by atoms with E-state index in [0.29, 0.717) is 31.0 Å². The number of ketones is 1. The van der Waals surface area contributed by atoms with Gasteiger partial charge in [-0.25, -0.2) is 4.39 Å². The summed E-state index contributed by atoms with van der Waals surface area (Å²) in [5, 5.41) is 12.1. The van der Waals surface area contributed by atoms with Crippen molar-refractivity contribution in [2.45, 2.75) is 46.6 Å². The lowest BCUT2D eigenvalue weighted by Crippen LogP contribution is -2.07. The molecule has 5 nitrogen and oxygen atoms in total. The molecule has 192 valence electrons. The molecule has 0 radical (unpaired) electrons. The summed E-state index contributed by atoms with van der Waals surface area (Å²) in [5.74, 6) is 0.198. The smallest absolute Gasteiger partial charge is 0.158 e. The molecule has 0 spiro atoms. The number of rotatable bonds is 14. The van der Waals surface area contributed by atoms with Crippen LogP contribution in [0.2, 0.25) is 0 Å². The monoisotopic (exact) mass is 493 g/mol. The van der Waals surface area contributed by atoms with Crippen molar-refractivity contribution in [1.82, 2.24) is 0 Å². The van der Waals surface area contributed by atoms with Gasteiger partial charge >= 0.3 is 0 Å². The van der Waals surface area contributed by atoms with Gasteiger partial charge in [0.05, 0.1) is 6.61 Å². The Morgan fingerprint density at radius 3 is 2.47 bits per heavy atom. The van der Waals surface area contributed by atoms with Crippen molar-refractivity contribution in [2.24, 2.45) is 0 Å². The Bertz CT molecular complexity index is 1140. The first-order valence-corrected chi connectivity index (χ1v) is 12.5. The van der Waals surface area contributed by atoms with Crippen LogP contribution in [0.1, 0.15) is 42.0 Å². The van der Waals surface area contributed by atoms with Gasteiger partial charge in [0.15, 0.2) is 5.78 Å². The summed E-state index contributed by atoms with van der Waals surface area (Å²) in [6.45, 7) is 8.17.